The third-order valence-electron chi connectivity index (χ3n) is 5.79. The first-order chi connectivity index (χ1) is 17.4. The van der Waals surface area contributed by atoms with Crippen LogP contribution in [0.4, 0.5) is 0 Å². The van der Waals surface area contributed by atoms with E-state index in [0.717, 1.165) is 5.56 Å². The van der Waals surface area contributed by atoms with Crippen molar-refractivity contribution >= 4 is 17.8 Å². The Bertz CT molecular complexity index is 1340. The Morgan fingerprint density at radius 2 is 1.53 bits per heavy atom. The molecule has 0 saturated carbocycles. The zero-order valence-electron chi connectivity index (χ0n) is 20.7. The minimum atomic E-state index is -0.432. The standard InChI is InChI=1S/C28H26O8/c1-16-21(35-24(29)14-17-6-9-19(31-2)10-7-17)13-11-20-25(30)23(36-26(16)20)15-18-8-12-22(32-3)28(34-5)27(18)33-4/h6-13,15H,14H2,1-5H3/b23-15-. The van der Waals surface area contributed by atoms with Gasteiger partial charge in [-0.25, -0.2) is 0 Å². The van der Waals surface area contributed by atoms with Crippen LogP contribution >= 0.6 is 0 Å². The Morgan fingerprint density at radius 3 is 2.17 bits per heavy atom. The van der Waals surface area contributed by atoms with Crippen LogP contribution in [0.15, 0.2) is 54.3 Å². The largest absolute Gasteiger partial charge is 0.497 e. The lowest BCUT2D eigenvalue weighted by molar-refractivity contribution is -0.133. The van der Waals surface area contributed by atoms with Crippen molar-refractivity contribution in [2.24, 2.45) is 0 Å². The van der Waals surface area contributed by atoms with Crippen LogP contribution in [0.3, 0.4) is 0 Å². The summed E-state index contributed by atoms with van der Waals surface area (Å²) in [6.45, 7) is 1.74. The van der Waals surface area contributed by atoms with Crippen LogP contribution in [0, 0.1) is 6.92 Å². The molecule has 0 atom stereocenters. The van der Waals surface area contributed by atoms with Crippen LogP contribution in [0.25, 0.3) is 6.08 Å². The smallest absolute Gasteiger partial charge is 0.315 e. The number of esters is 1. The minimum Gasteiger partial charge on any atom is -0.497 e. The maximum atomic E-state index is 13.0. The molecule has 0 radical (unpaired) electrons. The zero-order chi connectivity index (χ0) is 25.8. The number of ether oxygens (including phenoxy) is 6. The summed E-state index contributed by atoms with van der Waals surface area (Å²) in [5.74, 6) is 2.07. The molecule has 0 bridgehead atoms. The van der Waals surface area contributed by atoms with Gasteiger partial charge in [0.2, 0.25) is 11.5 Å². The maximum absolute atomic E-state index is 13.0. The van der Waals surface area contributed by atoms with E-state index in [0.29, 0.717) is 51.2 Å². The molecule has 0 N–H and O–H groups in total. The molecule has 0 amide bonds. The molecule has 8 nitrogen and oxygen atoms in total. The van der Waals surface area contributed by atoms with E-state index in [9.17, 15) is 9.59 Å². The van der Waals surface area contributed by atoms with E-state index in [1.807, 2.05) is 0 Å². The Labute approximate surface area is 209 Å². The zero-order valence-corrected chi connectivity index (χ0v) is 20.7. The molecule has 8 heteroatoms. The van der Waals surface area contributed by atoms with Crippen LogP contribution in [0.1, 0.15) is 27.0 Å². The highest BCUT2D eigenvalue weighted by Crippen LogP contribution is 2.43. The number of benzene rings is 3. The van der Waals surface area contributed by atoms with E-state index in [2.05, 4.69) is 0 Å². The Hall–Kier alpha value is -4.46. The van der Waals surface area contributed by atoms with Crippen LogP contribution in [-0.2, 0) is 11.2 Å². The number of rotatable bonds is 8. The highest BCUT2D eigenvalue weighted by atomic mass is 16.5. The molecule has 0 fully saturated rings. The molecular formula is C28H26O8. The van der Waals surface area contributed by atoms with Gasteiger partial charge in [-0.05, 0) is 55.0 Å². The van der Waals surface area contributed by atoms with Crippen molar-refractivity contribution in [1.29, 1.82) is 0 Å². The second-order valence-corrected chi connectivity index (χ2v) is 7.93. The Morgan fingerprint density at radius 1 is 0.833 bits per heavy atom. The molecule has 0 unspecified atom stereocenters. The highest BCUT2D eigenvalue weighted by Gasteiger charge is 2.31. The van der Waals surface area contributed by atoms with E-state index in [1.165, 1.54) is 21.3 Å². The van der Waals surface area contributed by atoms with Crippen molar-refractivity contribution < 1.29 is 38.0 Å². The van der Waals surface area contributed by atoms with Gasteiger partial charge in [0.15, 0.2) is 17.3 Å². The van der Waals surface area contributed by atoms with Gasteiger partial charge in [-0.3, -0.25) is 9.59 Å². The van der Waals surface area contributed by atoms with Gasteiger partial charge in [-0.1, -0.05) is 12.1 Å². The lowest BCUT2D eigenvalue weighted by Crippen LogP contribution is -2.12. The molecule has 36 heavy (non-hydrogen) atoms. The molecule has 0 aliphatic carbocycles. The molecule has 3 aromatic carbocycles. The first-order valence-electron chi connectivity index (χ1n) is 11.1. The van der Waals surface area contributed by atoms with Gasteiger partial charge in [0.1, 0.15) is 17.2 Å². The SMILES string of the molecule is COc1ccc(CC(=O)Oc2ccc3c(c2C)O/C(=C\c2ccc(OC)c(OC)c2OC)C3=O)cc1. The fourth-order valence-corrected chi connectivity index (χ4v) is 3.93. The van der Waals surface area contributed by atoms with E-state index in [-0.39, 0.29) is 18.0 Å². The Kier molecular flexibility index (Phi) is 7.15. The number of allylic oxidation sites excluding steroid dienone is 1. The van der Waals surface area contributed by atoms with Crippen LogP contribution in [0.2, 0.25) is 0 Å². The molecule has 186 valence electrons. The maximum Gasteiger partial charge on any atom is 0.315 e. The summed E-state index contributed by atoms with van der Waals surface area (Å²) < 4.78 is 32.9. The normalized spacial score (nSPS) is 13.1. The van der Waals surface area contributed by atoms with Crippen molar-refractivity contribution in [2.45, 2.75) is 13.3 Å². The summed E-state index contributed by atoms with van der Waals surface area (Å²) in [4.78, 5) is 25.6. The lowest BCUT2D eigenvalue weighted by atomic mass is 10.1. The number of fused-ring (bicyclic) bond motifs is 1. The number of methoxy groups -OCH3 is 4. The molecule has 0 saturated heterocycles. The number of carbonyl (C=O) groups excluding carboxylic acids is 2. The average molecular weight is 491 g/mol. The summed E-state index contributed by atoms with van der Waals surface area (Å²) in [5, 5.41) is 0. The second kappa shape index (κ2) is 10.4. The topological polar surface area (TPSA) is 89.5 Å². The van der Waals surface area contributed by atoms with Gasteiger partial charge in [0.05, 0.1) is 40.4 Å². The van der Waals surface area contributed by atoms with E-state index in [4.69, 9.17) is 28.4 Å². The Balaban J connectivity index is 1.57. The van der Waals surface area contributed by atoms with Gasteiger partial charge in [-0.15, -0.1) is 0 Å². The molecule has 1 heterocycles. The summed E-state index contributed by atoms with van der Waals surface area (Å²) >= 11 is 0. The fourth-order valence-electron chi connectivity index (χ4n) is 3.93. The molecule has 0 aromatic heterocycles. The first-order valence-corrected chi connectivity index (χ1v) is 11.1. The number of hydrogen-bond acceptors (Lipinski definition) is 8. The van der Waals surface area contributed by atoms with Crippen molar-refractivity contribution in [3.05, 3.63) is 76.5 Å². The summed E-state index contributed by atoms with van der Waals surface area (Å²) in [5.41, 5.74) is 2.30. The first kappa shape index (κ1) is 24.7. The molecule has 1 aliphatic rings. The summed E-state index contributed by atoms with van der Waals surface area (Å²) in [6, 6.07) is 13.8. The van der Waals surface area contributed by atoms with Crippen molar-refractivity contribution in [1.82, 2.24) is 0 Å². The van der Waals surface area contributed by atoms with Crippen molar-refractivity contribution in [3.8, 4) is 34.5 Å². The number of Topliss-reactive ketones (excluding diaryl/α,β-unsaturated/α-hetero) is 1. The monoisotopic (exact) mass is 490 g/mol. The average Bonchev–Trinajstić information content (AvgIpc) is 3.21. The van der Waals surface area contributed by atoms with Crippen LogP contribution < -0.4 is 28.4 Å². The van der Waals surface area contributed by atoms with Gasteiger partial charge in [0, 0.05) is 11.1 Å². The van der Waals surface area contributed by atoms with E-state index >= 15 is 0 Å². The van der Waals surface area contributed by atoms with Crippen LogP contribution in [0.5, 0.6) is 34.5 Å². The van der Waals surface area contributed by atoms with Crippen molar-refractivity contribution in [2.75, 3.05) is 28.4 Å². The molecule has 1 aliphatic heterocycles. The predicted molar refractivity (Wildman–Crippen MR) is 133 cm³/mol. The predicted octanol–water partition coefficient (Wildman–Crippen LogP) is 4.79. The summed E-state index contributed by atoms with van der Waals surface area (Å²) in [7, 11) is 6.12. The molecule has 4 rings (SSSR count). The quantitative estimate of drug-likeness (QED) is 0.253. The molecule has 0 spiro atoms. The van der Waals surface area contributed by atoms with Gasteiger partial charge in [-0.2, -0.15) is 0 Å². The minimum absolute atomic E-state index is 0.0879. The van der Waals surface area contributed by atoms with Gasteiger partial charge >= 0.3 is 5.97 Å². The van der Waals surface area contributed by atoms with Crippen molar-refractivity contribution in [3.63, 3.8) is 0 Å². The van der Waals surface area contributed by atoms with E-state index < -0.39 is 5.97 Å². The van der Waals surface area contributed by atoms with E-state index in [1.54, 1.807) is 68.6 Å². The third-order valence-corrected chi connectivity index (χ3v) is 5.79. The van der Waals surface area contributed by atoms with Crippen LogP contribution in [-0.4, -0.2) is 40.2 Å². The second-order valence-electron chi connectivity index (χ2n) is 7.93. The number of hydrogen-bond donors (Lipinski definition) is 0. The van der Waals surface area contributed by atoms with Gasteiger partial charge < -0.3 is 28.4 Å². The third kappa shape index (κ3) is 4.70. The highest BCUT2D eigenvalue weighted by molar-refractivity contribution is 6.15. The summed E-state index contributed by atoms with van der Waals surface area (Å²) in [6.07, 6.45) is 1.67. The fraction of sp³-hybridized carbons (Fsp3) is 0.214. The lowest BCUT2D eigenvalue weighted by Gasteiger charge is -2.14. The molecule has 3 aromatic rings. The number of ketones is 1. The molecular weight excluding hydrogens is 464 g/mol. The number of carbonyl (C=O) groups is 2. The van der Waals surface area contributed by atoms with Gasteiger partial charge in [0.25, 0.3) is 0 Å².